The standard InChI is InChI=1S/C22H31NO3/c1-3-23(4-2)17-11-12-18-26-21(24)22(25,19-13-7-5-8-14-19)20-15-9-6-10-16-20/h5,7-8,13-14,20,25H,3-4,6,9-10,15-18H2,1-2H3/t22-/m1/s1/i1D3,2D3,3D2,4D2,18D2. The SMILES string of the molecule is [2H]C([2H])(C#CCN(C([2H])([2H])C([2H])([2H])[2H])C([2H])([2H])C([2H])([2H])[2H])OC(=O)[C@@](O)(c1ccccc1)C1CCCCC1. The highest BCUT2D eigenvalue weighted by molar-refractivity contribution is 5.81. The minimum Gasteiger partial charge on any atom is -0.450 e. The van der Waals surface area contributed by atoms with Crippen molar-refractivity contribution in [1.29, 1.82) is 0 Å². The molecule has 4 nitrogen and oxygen atoms in total. The number of nitrogens with zero attached hydrogens (tertiary/aromatic N) is 1. The van der Waals surface area contributed by atoms with E-state index in [-0.39, 0.29) is 10.5 Å². The second-order valence-corrected chi connectivity index (χ2v) is 6.07. The van der Waals surface area contributed by atoms with Crippen LogP contribution in [0.3, 0.4) is 0 Å². The number of carbonyl (C=O) groups excluding carboxylic acids is 1. The van der Waals surface area contributed by atoms with E-state index in [9.17, 15) is 9.90 Å². The molecule has 0 aliphatic heterocycles. The molecule has 1 aliphatic rings. The van der Waals surface area contributed by atoms with Crippen LogP contribution in [0, 0.1) is 17.8 Å². The molecule has 0 amide bonds. The monoisotopic (exact) mass is 369 g/mol. The van der Waals surface area contributed by atoms with Gasteiger partial charge in [-0.2, -0.15) is 0 Å². The van der Waals surface area contributed by atoms with Crippen LogP contribution in [-0.2, 0) is 15.1 Å². The van der Waals surface area contributed by atoms with E-state index in [0.717, 1.165) is 19.3 Å². The molecule has 0 aromatic heterocycles. The summed E-state index contributed by atoms with van der Waals surface area (Å²) >= 11 is 0. The molecule has 142 valence electrons. The van der Waals surface area contributed by atoms with Gasteiger partial charge in [-0.25, -0.2) is 4.79 Å². The minimum absolute atomic E-state index is 0.132. The molecule has 0 heterocycles. The average Bonchev–Trinajstić information content (AvgIpc) is 2.80. The maximum Gasteiger partial charge on any atom is 0.344 e. The number of carbonyl (C=O) groups is 1. The van der Waals surface area contributed by atoms with Gasteiger partial charge in [0.25, 0.3) is 0 Å². The molecule has 1 aromatic carbocycles. The highest BCUT2D eigenvalue weighted by atomic mass is 16.5. The van der Waals surface area contributed by atoms with E-state index < -0.39 is 57.3 Å². The molecule has 2 rings (SSSR count). The summed E-state index contributed by atoms with van der Waals surface area (Å²) in [6.07, 6.45) is 3.43. The highest BCUT2D eigenvalue weighted by Gasteiger charge is 2.46. The first-order valence-electron chi connectivity index (χ1n) is 14.5. The Kier molecular flexibility index (Phi) is 3.74. The van der Waals surface area contributed by atoms with E-state index >= 15 is 0 Å². The molecule has 26 heavy (non-hydrogen) atoms. The van der Waals surface area contributed by atoms with Gasteiger partial charge in [-0.15, -0.1) is 0 Å². The molecule has 0 bridgehead atoms. The number of benzene rings is 1. The lowest BCUT2D eigenvalue weighted by atomic mass is 9.73. The topological polar surface area (TPSA) is 49.8 Å². The lowest BCUT2D eigenvalue weighted by Crippen LogP contribution is -2.45. The Bertz CT molecular complexity index is 998. The predicted octanol–water partition coefficient (Wildman–Crippen LogP) is 3.34. The molecule has 1 N–H and O–H groups in total. The summed E-state index contributed by atoms with van der Waals surface area (Å²) in [5.41, 5.74) is -1.97. The van der Waals surface area contributed by atoms with Crippen LogP contribution in [0.25, 0.3) is 0 Å². The zero-order valence-electron chi connectivity index (χ0n) is 26.4. The van der Waals surface area contributed by atoms with Gasteiger partial charge in [-0.05, 0) is 31.4 Å². The summed E-state index contributed by atoms with van der Waals surface area (Å²) in [6, 6.07) is 7.93. The largest absolute Gasteiger partial charge is 0.450 e. The first kappa shape index (κ1) is 9.39. The number of ether oxygens (including phenoxy) is 1. The fourth-order valence-corrected chi connectivity index (χ4v) is 3.14. The number of aliphatic hydroxyl groups is 1. The number of esters is 1. The van der Waals surface area contributed by atoms with Crippen molar-refractivity contribution in [3.05, 3.63) is 35.9 Å². The maximum absolute atomic E-state index is 13.2. The van der Waals surface area contributed by atoms with Gasteiger partial charge in [0.1, 0.15) is 0 Å². The number of rotatable bonds is 7. The van der Waals surface area contributed by atoms with Crippen molar-refractivity contribution in [1.82, 2.24) is 4.90 Å². The molecule has 1 fully saturated rings. The fraction of sp³-hybridized carbons (Fsp3) is 0.591. The van der Waals surface area contributed by atoms with Crippen LogP contribution in [0.1, 0.15) is 67.8 Å². The third-order valence-electron chi connectivity index (χ3n) is 4.51. The van der Waals surface area contributed by atoms with Crippen LogP contribution < -0.4 is 0 Å². The third-order valence-corrected chi connectivity index (χ3v) is 4.51. The van der Waals surface area contributed by atoms with Gasteiger partial charge in [0.15, 0.2) is 12.2 Å². The van der Waals surface area contributed by atoms with Crippen LogP contribution in [0.5, 0.6) is 0 Å². The predicted molar refractivity (Wildman–Crippen MR) is 103 cm³/mol. The van der Waals surface area contributed by atoms with Crippen molar-refractivity contribution < 1.29 is 31.1 Å². The van der Waals surface area contributed by atoms with E-state index in [1.165, 1.54) is 12.1 Å². The highest BCUT2D eigenvalue weighted by Crippen LogP contribution is 2.40. The maximum atomic E-state index is 13.2. The van der Waals surface area contributed by atoms with Crippen molar-refractivity contribution >= 4 is 5.97 Å². The molecule has 0 spiro atoms. The average molecular weight is 370 g/mol. The third kappa shape index (κ3) is 5.09. The first-order valence-corrected chi connectivity index (χ1v) is 8.47. The smallest absolute Gasteiger partial charge is 0.344 e. The summed E-state index contributed by atoms with van der Waals surface area (Å²) in [5.74, 6) is 2.05. The van der Waals surface area contributed by atoms with E-state index in [4.69, 9.17) is 21.2 Å². The van der Waals surface area contributed by atoms with Crippen LogP contribution in [0.4, 0.5) is 0 Å². The molecule has 1 aromatic rings. The molecule has 1 atom stereocenters. The lowest BCUT2D eigenvalue weighted by molar-refractivity contribution is -0.174. The van der Waals surface area contributed by atoms with Crippen LogP contribution >= 0.6 is 0 Å². The van der Waals surface area contributed by atoms with Crippen molar-refractivity contribution in [2.75, 3.05) is 26.1 Å². The van der Waals surface area contributed by atoms with Crippen molar-refractivity contribution in [3.63, 3.8) is 0 Å². The van der Waals surface area contributed by atoms with Crippen molar-refractivity contribution in [2.45, 2.75) is 51.4 Å². The molecule has 0 radical (unpaired) electrons. The minimum atomic E-state index is -3.50. The Morgan fingerprint density at radius 2 is 1.96 bits per heavy atom. The molecular formula is C22H31NO3. The molecule has 1 aliphatic carbocycles. The lowest BCUT2D eigenvalue weighted by Gasteiger charge is -2.36. The number of hydrogen-bond acceptors (Lipinski definition) is 4. The Hall–Kier alpha value is -1.83. The molecule has 0 unspecified atom stereocenters. The molecule has 4 heteroatoms. The molecule has 1 saturated carbocycles. The summed E-state index contributed by atoms with van der Waals surface area (Å²) < 4.78 is 96.8. The van der Waals surface area contributed by atoms with E-state index in [0.29, 0.717) is 12.8 Å². The summed E-state index contributed by atoms with van der Waals surface area (Å²) in [4.78, 5) is 13.1. The second kappa shape index (κ2) is 10.4. The van der Waals surface area contributed by atoms with Crippen LogP contribution in [0.15, 0.2) is 30.3 Å². The number of hydrogen-bond donors (Lipinski definition) is 1. The van der Waals surface area contributed by atoms with Gasteiger partial charge >= 0.3 is 5.97 Å². The Morgan fingerprint density at radius 3 is 2.62 bits per heavy atom. The summed E-state index contributed by atoms with van der Waals surface area (Å²) in [7, 11) is 0. The zero-order valence-corrected chi connectivity index (χ0v) is 14.4. The van der Waals surface area contributed by atoms with Gasteiger partial charge in [-0.3, -0.25) is 4.90 Å². The van der Waals surface area contributed by atoms with Gasteiger partial charge in [-0.1, -0.05) is 75.1 Å². The molecule has 0 saturated heterocycles. The van der Waals surface area contributed by atoms with Gasteiger partial charge < -0.3 is 9.84 Å². The Labute approximate surface area is 174 Å². The van der Waals surface area contributed by atoms with Crippen LogP contribution in [-0.4, -0.2) is 42.1 Å². The van der Waals surface area contributed by atoms with Gasteiger partial charge in [0.2, 0.25) is 0 Å². The Balaban J connectivity index is 2.37. The summed E-state index contributed by atoms with van der Waals surface area (Å²) in [6.45, 7) is -18.2. The van der Waals surface area contributed by atoms with Crippen LogP contribution in [0.2, 0.25) is 0 Å². The van der Waals surface area contributed by atoms with E-state index in [2.05, 4.69) is 0 Å². The first-order chi connectivity index (χ1) is 17.2. The van der Waals surface area contributed by atoms with Gasteiger partial charge in [0.05, 0.1) is 9.29 Å². The fourth-order valence-electron chi connectivity index (χ4n) is 3.14. The Morgan fingerprint density at radius 1 is 1.27 bits per heavy atom. The zero-order chi connectivity index (χ0) is 29.2. The van der Waals surface area contributed by atoms with E-state index in [1.54, 1.807) is 18.2 Å². The summed E-state index contributed by atoms with van der Waals surface area (Å²) in [5, 5.41) is 11.5. The van der Waals surface area contributed by atoms with Crippen molar-refractivity contribution in [3.8, 4) is 11.8 Å². The quantitative estimate of drug-likeness (QED) is 0.591. The molecular weight excluding hydrogens is 326 g/mol. The van der Waals surface area contributed by atoms with E-state index in [1.807, 2.05) is 11.8 Å². The van der Waals surface area contributed by atoms with Gasteiger partial charge in [0, 0.05) is 19.6 Å². The normalized spacial score (nSPS) is 26.7. The van der Waals surface area contributed by atoms with Crippen molar-refractivity contribution in [2.24, 2.45) is 5.92 Å². The second-order valence-electron chi connectivity index (χ2n) is 6.07.